The molecule has 0 spiro atoms. The number of anilines is 2. The first-order chi connectivity index (χ1) is 18.9. The number of carboxylic acids is 1. The Labute approximate surface area is 232 Å². The van der Waals surface area contributed by atoms with Gasteiger partial charge in [-0.25, -0.2) is 13.2 Å². The van der Waals surface area contributed by atoms with E-state index in [1.54, 1.807) is 24.3 Å². The molecule has 13 heteroatoms. The zero-order chi connectivity index (χ0) is 29.3. The van der Waals surface area contributed by atoms with Crippen LogP contribution in [-0.4, -0.2) is 63.8 Å². The first-order valence-corrected chi connectivity index (χ1v) is 14.7. The molecule has 40 heavy (non-hydrogen) atoms. The fourth-order valence-corrected chi connectivity index (χ4v) is 5.67. The van der Waals surface area contributed by atoms with Crippen molar-refractivity contribution >= 4 is 33.3 Å². The quantitative estimate of drug-likeness (QED) is 0.367. The summed E-state index contributed by atoms with van der Waals surface area (Å²) in [4.78, 5) is 24.1. The molecule has 1 aliphatic carbocycles. The third-order valence-corrected chi connectivity index (χ3v) is 8.05. The van der Waals surface area contributed by atoms with Crippen molar-refractivity contribution in [3.05, 3.63) is 53.6 Å². The van der Waals surface area contributed by atoms with E-state index in [0.29, 0.717) is 11.3 Å². The number of alkyl halides is 3. The number of aliphatic carboxylic acids is 1. The summed E-state index contributed by atoms with van der Waals surface area (Å²) in [6, 6.07) is 12.5. The SMILES string of the molecule is CCCc1ccc(S(=O)(=O)Nc2cc(C(=O)NC3CCCC3)ccc2N2CCNCC2)cc1.O=C(O)C(F)(F)F. The number of amides is 1. The predicted molar refractivity (Wildman–Crippen MR) is 146 cm³/mol. The Morgan fingerprint density at radius 1 is 1.05 bits per heavy atom. The van der Waals surface area contributed by atoms with Crippen LogP contribution in [-0.2, 0) is 21.2 Å². The number of nitrogens with one attached hydrogen (secondary N) is 3. The molecule has 0 aromatic heterocycles. The molecule has 2 fully saturated rings. The lowest BCUT2D eigenvalue weighted by Crippen LogP contribution is -2.43. The summed E-state index contributed by atoms with van der Waals surface area (Å²) in [5.41, 5.74) is 2.81. The Balaban J connectivity index is 0.000000559. The molecule has 0 atom stereocenters. The Bertz CT molecular complexity index is 1260. The fourth-order valence-electron chi connectivity index (χ4n) is 4.61. The molecule has 2 aliphatic rings. The zero-order valence-electron chi connectivity index (χ0n) is 22.3. The predicted octanol–water partition coefficient (Wildman–Crippen LogP) is 4.16. The van der Waals surface area contributed by atoms with E-state index in [4.69, 9.17) is 9.90 Å². The Kier molecular flexibility index (Phi) is 10.8. The molecule has 2 aromatic rings. The van der Waals surface area contributed by atoms with Crippen LogP contribution in [0.15, 0.2) is 47.4 Å². The molecule has 4 N–H and O–H groups in total. The van der Waals surface area contributed by atoms with Crippen LogP contribution < -0.4 is 20.3 Å². The maximum Gasteiger partial charge on any atom is 0.490 e. The standard InChI is InChI=1S/C25H34N4O3S.C2HF3O2/c1-2-5-19-8-11-22(12-9-19)33(31,32)28-23-18-20(25(30)27-21-6-3-4-7-21)10-13-24(23)29-16-14-26-15-17-29;3-2(4,5)1(6)7/h8-13,18,21,26,28H,2-7,14-17H2,1H3,(H,27,30);(H,6,7). The number of piperazine rings is 1. The highest BCUT2D eigenvalue weighted by atomic mass is 32.2. The highest BCUT2D eigenvalue weighted by Crippen LogP contribution is 2.30. The molecule has 1 amide bonds. The Morgan fingerprint density at radius 3 is 2.20 bits per heavy atom. The van der Waals surface area contributed by atoms with Gasteiger partial charge in [0.15, 0.2) is 0 Å². The van der Waals surface area contributed by atoms with Crippen molar-refractivity contribution in [3.8, 4) is 0 Å². The number of nitrogens with zero attached hydrogens (tertiary/aromatic N) is 1. The van der Waals surface area contributed by atoms with Gasteiger partial charge in [-0.1, -0.05) is 38.3 Å². The maximum atomic E-state index is 13.2. The number of benzene rings is 2. The fraction of sp³-hybridized carbons (Fsp3) is 0.481. The summed E-state index contributed by atoms with van der Waals surface area (Å²) in [6.45, 7) is 5.30. The van der Waals surface area contributed by atoms with E-state index >= 15 is 0 Å². The van der Waals surface area contributed by atoms with Crippen molar-refractivity contribution in [3.63, 3.8) is 0 Å². The summed E-state index contributed by atoms with van der Waals surface area (Å²) in [6.07, 6.45) is 1.10. The second kappa shape index (κ2) is 13.8. The van der Waals surface area contributed by atoms with Gasteiger partial charge in [-0.3, -0.25) is 9.52 Å². The topological polar surface area (TPSA) is 128 Å². The molecule has 4 rings (SSSR count). The molecule has 9 nitrogen and oxygen atoms in total. The number of carboxylic acid groups (broad SMARTS) is 1. The minimum atomic E-state index is -5.08. The van der Waals surface area contributed by atoms with Crippen LogP contribution in [0.1, 0.15) is 54.9 Å². The molecule has 0 unspecified atom stereocenters. The van der Waals surface area contributed by atoms with Crippen LogP contribution in [0.25, 0.3) is 0 Å². The van der Waals surface area contributed by atoms with Gasteiger partial charge in [-0.2, -0.15) is 13.2 Å². The van der Waals surface area contributed by atoms with Gasteiger partial charge in [0.2, 0.25) is 0 Å². The molecule has 1 heterocycles. The maximum absolute atomic E-state index is 13.2. The second-order valence-corrected chi connectivity index (χ2v) is 11.4. The van der Waals surface area contributed by atoms with Crippen LogP contribution in [0.2, 0.25) is 0 Å². The number of hydrogen-bond donors (Lipinski definition) is 4. The van der Waals surface area contributed by atoms with Crippen molar-refractivity contribution in [1.82, 2.24) is 10.6 Å². The van der Waals surface area contributed by atoms with E-state index in [2.05, 4.69) is 27.2 Å². The van der Waals surface area contributed by atoms with Gasteiger partial charge >= 0.3 is 12.1 Å². The zero-order valence-corrected chi connectivity index (χ0v) is 23.1. The summed E-state index contributed by atoms with van der Waals surface area (Å²) < 4.78 is 61.0. The lowest BCUT2D eigenvalue weighted by atomic mass is 10.1. The number of rotatable bonds is 8. The van der Waals surface area contributed by atoms with E-state index < -0.39 is 22.2 Å². The average Bonchev–Trinajstić information content (AvgIpc) is 3.42. The second-order valence-electron chi connectivity index (χ2n) is 9.73. The number of carbonyl (C=O) groups excluding carboxylic acids is 1. The smallest absolute Gasteiger partial charge is 0.475 e. The third-order valence-electron chi connectivity index (χ3n) is 6.67. The average molecular weight is 585 g/mol. The van der Waals surface area contributed by atoms with Gasteiger partial charge in [0.25, 0.3) is 15.9 Å². The van der Waals surface area contributed by atoms with Gasteiger partial charge in [0.1, 0.15) is 0 Å². The minimum Gasteiger partial charge on any atom is -0.475 e. The summed E-state index contributed by atoms with van der Waals surface area (Å²) in [5.74, 6) is -2.91. The van der Waals surface area contributed by atoms with E-state index in [9.17, 15) is 26.4 Å². The molecule has 0 radical (unpaired) electrons. The van der Waals surface area contributed by atoms with Gasteiger partial charge in [0, 0.05) is 37.8 Å². The molecule has 0 bridgehead atoms. The lowest BCUT2D eigenvalue weighted by molar-refractivity contribution is -0.192. The molecule has 220 valence electrons. The lowest BCUT2D eigenvalue weighted by Gasteiger charge is -2.31. The van der Waals surface area contributed by atoms with Crippen LogP contribution in [0.4, 0.5) is 24.5 Å². The van der Waals surface area contributed by atoms with E-state index in [0.717, 1.165) is 76.0 Å². The third kappa shape index (κ3) is 8.85. The molecule has 1 saturated carbocycles. The van der Waals surface area contributed by atoms with E-state index in [1.807, 2.05) is 18.2 Å². The van der Waals surface area contributed by atoms with Crippen molar-refractivity contribution in [2.45, 2.75) is 62.6 Å². The largest absolute Gasteiger partial charge is 0.490 e. The normalized spacial score (nSPS) is 16.1. The number of hydrogen-bond acceptors (Lipinski definition) is 6. The summed E-state index contributed by atoms with van der Waals surface area (Å²) in [7, 11) is -3.80. The summed E-state index contributed by atoms with van der Waals surface area (Å²) >= 11 is 0. The minimum absolute atomic E-state index is 0.155. The van der Waals surface area contributed by atoms with Crippen LogP contribution >= 0.6 is 0 Å². The number of carbonyl (C=O) groups is 2. The first-order valence-electron chi connectivity index (χ1n) is 13.2. The number of sulfonamides is 1. The van der Waals surface area contributed by atoms with Crippen LogP contribution in [0, 0.1) is 0 Å². The molecular formula is C27H35F3N4O5S. The van der Waals surface area contributed by atoms with Crippen molar-refractivity contribution in [2.24, 2.45) is 0 Å². The van der Waals surface area contributed by atoms with Gasteiger partial charge in [0.05, 0.1) is 16.3 Å². The highest BCUT2D eigenvalue weighted by Gasteiger charge is 2.38. The van der Waals surface area contributed by atoms with E-state index in [1.165, 1.54) is 0 Å². The number of halogens is 3. The van der Waals surface area contributed by atoms with Crippen molar-refractivity contribution < 1.29 is 36.3 Å². The van der Waals surface area contributed by atoms with Gasteiger partial charge in [-0.15, -0.1) is 0 Å². The van der Waals surface area contributed by atoms with Gasteiger partial charge in [-0.05, 0) is 55.2 Å². The van der Waals surface area contributed by atoms with Crippen molar-refractivity contribution in [2.75, 3.05) is 35.8 Å². The first kappa shape index (κ1) is 31.2. The van der Waals surface area contributed by atoms with Gasteiger partial charge < -0.3 is 20.6 Å². The Morgan fingerprint density at radius 2 is 1.65 bits per heavy atom. The number of aryl methyl sites for hydroxylation is 1. The van der Waals surface area contributed by atoms with E-state index in [-0.39, 0.29) is 16.8 Å². The molecule has 2 aromatic carbocycles. The van der Waals surface area contributed by atoms with Crippen LogP contribution in [0.3, 0.4) is 0 Å². The molecule has 1 aliphatic heterocycles. The van der Waals surface area contributed by atoms with Crippen molar-refractivity contribution in [1.29, 1.82) is 0 Å². The Hall–Kier alpha value is -3.32. The monoisotopic (exact) mass is 584 g/mol. The van der Waals surface area contributed by atoms with Crippen LogP contribution in [0.5, 0.6) is 0 Å². The highest BCUT2D eigenvalue weighted by molar-refractivity contribution is 7.92. The summed E-state index contributed by atoms with van der Waals surface area (Å²) in [5, 5.41) is 13.5. The molecular weight excluding hydrogens is 549 g/mol. The molecule has 1 saturated heterocycles.